The summed E-state index contributed by atoms with van der Waals surface area (Å²) in [4.78, 5) is 40.3. The van der Waals surface area contributed by atoms with Gasteiger partial charge in [0.2, 0.25) is 11.8 Å². The predicted molar refractivity (Wildman–Crippen MR) is 216 cm³/mol. The molecule has 0 aliphatic carbocycles. The van der Waals surface area contributed by atoms with Crippen molar-refractivity contribution >= 4 is 29.1 Å². The van der Waals surface area contributed by atoms with Crippen LogP contribution in [0.1, 0.15) is 76.6 Å². The number of carbonyl (C=O) groups excluding carboxylic acids is 3. The summed E-state index contributed by atoms with van der Waals surface area (Å²) in [5, 5.41) is 15.3. The van der Waals surface area contributed by atoms with Crippen molar-refractivity contribution in [3.05, 3.63) is 113 Å². The molecule has 56 heavy (non-hydrogen) atoms. The fourth-order valence-electron chi connectivity index (χ4n) is 8.90. The maximum absolute atomic E-state index is 11.9. The van der Waals surface area contributed by atoms with Crippen molar-refractivity contribution < 1.29 is 29.0 Å². The number of piperazine rings is 1. The normalized spacial score (nSPS) is 21.2. The van der Waals surface area contributed by atoms with Gasteiger partial charge in [-0.2, -0.15) is 0 Å². The molecule has 5 aliphatic rings. The third kappa shape index (κ3) is 8.33. The Morgan fingerprint density at radius 2 is 1.52 bits per heavy atom. The number of hydrogen-bond acceptors (Lipinski definition) is 9. The number of rotatable bonds is 7. The zero-order chi connectivity index (χ0) is 38.6. The van der Waals surface area contributed by atoms with Gasteiger partial charge in [0.05, 0.1) is 13.7 Å². The van der Waals surface area contributed by atoms with Gasteiger partial charge >= 0.3 is 0 Å². The van der Waals surface area contributed by atoms with Gasteiger partial charge in [0.1, 0.15) is 17.2 Å². The number of amides is 3. The number of piperidine rings is 2. The molecule has 4 aromatic rings. The van der Waals surface area contributed by atoms with Crippen LogP contribution in [0.4, 0.5) is 11.4 Å². The molecule has 4 aromatic carbocycles. The molecule has 3 amide bonds. The summed E-state index contributed by atoms with van der Waals surface area (Å²) in [6, 6.07) is 29.2. The average molecular weight is 758 g/mol. The van der Waals surface area contributed by atoms with E-state index in [4.69, 9.17) is 9.47 Å². The summed E-state index contributed by atoms with van der Waals surface area (Å²) in [5.74, 6) is 2.54. The fourth-order valence-corrected chi connectivity index (χ4v) is 8.90. The van der Waals surface area contributed by atoms with Crippen LogP contribution in [0.3, 0.4) is 0 Å². The minimum Gasteiger partial charge on any atom is -0.508 e. The van der Waals surface area contributed by atoms with Crippen molar-refractivity contribution in [3.63, 3.8) is 0 Å². The van der Waals surface area contributed by atoms with Gasteiger partial charge in [0, 0.05) is 106 Å². The second-order valence-electron chi connectivity index (χ2n) is 15.6. The van der Waals surface area contributed by atoms with Gasteiger partial charge < -0.3 is 29.7 Å². The van der Waals surface area contributed by atoms with E-state index in [0.29, 0.717) is 32.4 Å². The molecule has 2 atom stereocenters. The molecule has 5 aliphatic heterocycles. The molecule has 11 heteroatoms. The van der Waals surface area contributed by atoms with Crippen LogP contribution in [0, 0.1) is 5.92 Å². The van der Waals surface area contributed by atoms with Crippen LogP contribution >= 0.6 is 0 Å². The van der Waals surface area contributed by atoms with E-state index in [1.807, 2.05) is 24.3 Å². The van der Waals surface area contributed by atoms with Gasteiger partial charge in [0.25, 0.3) is 5.91 Å². The smallest absolute Gasteiger partial charge is 0.251 e. The number of ether oxygens (including phenoxy) is 2. The number of nitrogens with zero attached hydrogens (tertiary/aromatic N) is 3. The number of phenolic OH excluding ortho intramolecular Hbond substituents is 1. The van der Waals surface area contributed by atoms with Crippen LogP contribution < -0.4 is 29.9 Å². The highest BCUT2D eigenvalue weighted by atomic mass is 16.5. The standard InChI is InChI=1S/C40H44N4O4.C5H7NO2/c1-47-34-4-2-3-29(22-34)37-26-48-38-23-33(45)10-12-36(38)39(37)28-5-7-31(8-6-28)43-15-13-27(14-16-43)25-42-17-19-44(20-18-42)32-9-11-35-30(21-32)24-41-40(35)46;7-4-2-1-3-5(8)6-4/h2-12,21-23,27,37,39,45H,13-20,24-26H2,1H3,(H,41,46);1-3H2,(H,6,7,8). The Kier molecular flexibility index (Phi) is 11.1. The number of aromatic hydroxyl groups is 1. The Morgan fingerprint density at radius 3 is 2.23 bits per heavy atom. The van der Waals surface area contributed by atoms with E-state index in [1.54, 1.807) is 19.2 Å². The highest BCUT2D eigenvalue weighted by molar-refractivity contribution is 5.99. The molecule has 3 N–H and O–H groups in total. The zero-order valence-corrected chi connectivity index (χ0v) is 32.0. The van der Waals surface area contributed by atoms with Crippen molar-refractivity contribution in [2.75, 3.05) is 69.3 Å². The van der Waals surface area contributed by atoms with E-state index in [9.17, 15) is 19.5 Å². The predicted octanol–water partition coefficient (Wildman–Crippen LogP) is 5.80. The van der Waals surface area contributed by atoms with Crippen molar-refractivity contribution in [1.29, 1.82) is 0 Å². The lowest BCUT2D eigenvalue weighted by atomic mass is 9.76. The highest BCUT2D eigenvalue weighted by Gasteiger charge is 2.34. The Balaban J connectivity index is 0.000000493. The summed E-state index contributed by atoms with van der Waals surface area (Å²) in [6.45, 7) is 8.75. The zero-order valence-electron chi connectivity index (χ0n) is 32.0. The number of benzene rings is 4. The largest absolute Gasteiger partial charge is 0.508 e. The minimum atomic E-state index is -0.138. The maximum atomic E-state index is 11.9. The number of hydrogen-bond donors (Lipinski definition) is 3. The number of phenols is 1. The van der Waals surface area contributed by atoms with E-state index >= 15 is 0 Å². The van der Waals surface area contributed by atoms with E-state index in [0.717, 1.165) is 73.4 Å². The quantitative estimate of drug-likeness (QED) is 0.201. The van der Waals surface area contributed by atoms with Gasteiger partial charge in [-0.1, -0.05) is 30.3 Å². The molecule has 11 nitrogen and oxygen atoms in total. The second-order valence-corrected chi connectivity index (χ2v) is 15.6. The van der Waals surface area contributed by atoms with Crippen molar-refractivity contribution in [2.45, 2.75) is 50.5 Å². The summed E-state index contributed by atoms with van der Waals surface area (Å²) in [6.07, 6.45) is 4.15. The van der Waals surface area contributed by atoms with E-state index in [2.05, 4.69) is 73.9 Å². The molecule has 0 spiro atoms. The van der Waals surface area contributed by atoms with E-state index < -0.39 is 0 Å². The average Bonchev–Trinajstić information content (AvgIpc) is 3.60. The molecule has 0 bridgehead atoms. The van der Waals surface area contributed by atoms with E-state index in [-0.39, 0.29) is 35.3 Å². The van der Waals surface area contributed by atoms with Crippen molar-refractivity contribution in [2.24, 2.45) is 5.92 Å². The lowest BCUT2D eigenvalue weighted by Gasteiger charge is -2.40. The second kappa shape index (κ2) is 16.7. The molecule has 9 rings (SSSR count). The fraction of sp³-hybridized carbons (Fsp3) is 0.400. The lowest BCUT2D eigenvalue weighted by Crippen LogP contribution is -2.49. The van der Waals surface area contributed by atoms with Gasteiger partial charge in [-0.3, -0.25) is 24.6 Å². The number of imide groups is 1. The van der Waals surface area contributed by atoms with Gasteiger partial charge in [-0.25, -0.2) is 0 Å². The minimum absolute atomic E-state index is 0.0479. The first kappa shape index (κ1) is 37.4. The Bertz CT molecular complexity index is 2040. The molecule has 292 valence electrons. The van der Waals surface area contributed by atoms with Crippen LogP contribution in [0.15, 0.2) is 84.9 Å². The number of anilines is 2. The molecular formula is C45H51N5O6. The molecule has 0 aromatic heterocycles. The first-order valence-corrected chi connectivity index (χ1v) is 20.0. The number of methoxy groups -OCH3 is 1. The number of carbonyl (C=O) groups is 3. The Labute approximate surface area is 328 Å². The summed E-state index contributed by atoms with van der Waals surface area (Å²) in [7, 11) is 1.70. The SMILES string of the molecule is COc1cccc(C2COc3cc(O)ccc3C2c2ccc(N3CCC(CN4CCN(c5ccc6c(c5)CNC6=O)CC4)CC3)cc2)c1.O=C1CCCC(=O)N1. The number of nitrogens with one attached hydrogen (secondary N) is 2. The molecule has 3 saturated heterocycles. The van der Waals surface area contributed by atoms with Crippen molar-refractivity contribution in [1.82, 2.24) is 15.5 Å². The van der Waals surface area contributed by atoms with Gasteiger partial charge in [-0.15, -0.1) is 0 Å². The van der Waals surface area contributed by atoms with E-state index in [1.165, 1.54) is 41.9 Å². The maximum Gasteiger partial charge on any atom is 0.251 e. The van der Waals surface area contributed by atoms with Crippen molar-refractivity contribution in [3.8, 4) is 17.2 Å². The van der Waals surface area contributed by atoms with Crippen LogP contribution in [0.25, 0.3) is 0 Å². The molecule has 3 fully saturated rings. The van der Waals surface area contributed by atoms with Gasteiger partial charge in [0.15, 0.2) is 0 Å². The first-order valence-electron chi connectivity index (χ1n) is 20.0. The van der Waals surface area contributed by atoms with Crippen LogP contribution in [-0.2, 0) is 16.1 Å². The topological polar surface area (TPSA) is 124 Å². The molecule has 5 heterocycles. The molecule has 2 unspecified atom stereocenters. The lowest BCUT2D eigenvalue weighted by molar-refractivity contribution is -0.132. The number of fused-ring (bicyclic) bond motifs is 2. The van der Waals surface area contributed by atoms with Crippen LogP contribution in [0.2, 0.25) is 0 Å². The Hall–Kier alpha value is -5.55. The third-order valence-corrected chi connectivity index (χ3v) is 12.0. The molecule has 0 saturated carbocycles. The van der Waals surface area contributed by atoms with Crippen LogP contribution in [0.5, 0.6) is 17.2 Å². The molecular weight excluding hydrogens is 707 g/mol. The van der Waals surface area contributed by atoms with Crippen LogP contribution in [-0.4, -0.2) is 87.3 Å². The summed E-state index contributed by atoms with van der Waals surface area (Å²) in [5.41, 5.74) is 8.00. The molecule has 0 radical (unpaired) electrons. The Morgan fingerprint density at radius 1 is 0.786 bits per heavy atom. The highest BCUT2D eigenvalue weighted by Crippen LogP contribution is 2.47. The summed E-state index contributed by atoms with van der Waals surface area (Å²) >= 11 is 0. The monoisotopic (exact) mass is 757 g/mol. The first-order chi connectivity index (χ1) is 27.3. The summed E-state index contributed by atoms with van der Waals surface area (Å²) < 4.78 is 11.7. The third-order valence-electron chi connectivity index (χ3n) is 12.0. The van der Waals surface area contributed by atoms with Gasteiger partial charge in [-0.05, 0) is 90.4 Å².